The number of hydrogen-bond acceptors (Lipinski definition) is 14. The van der Waals surface area contributed by atoms with Gasteiger partial charge in [0.05, 0.1) is 26.6 Å². The molecule has 0 aliphatic rings. The van der Waals surface area contributed by atoms with E-state index >= 15 is 0 Å². The van der Waals surface area contributed by atoms with Gasteiger partial charge in [0.2, 0.25) is 0 Å². The molecule has 26 heteroatoms. The van der Waals surface area contributed by atoms with Gasteiger partial charge in [0.1, 0.15) is 34.6 Å². The number of fused-ring (bicyclic) bond motifs is 2. The fourth-order valence-electron chi connectivity index (χ4n) is 4.06. The normalized spacial score (nSPS) is 11.0. The van der Waals surface area contributed by atoms with Crippen LogP contribution < -0.4 is 19.9 Å². The summed E-state index contributed by atoms with van der Waals surface area (Å²) in [4.78, 5) is 16.4. The zero-order valence-electron chi connectivity index (χ0n) is 29.8. The summed E-state index contributed by atoms with van der Waals surface area (Å²) in [6, 6.07) is 5.96. The predicted molar refractivity (Wildman–Crippen MR) is 196 cm³/mol. The summed E-state index contributed by atoms with van der Waals surface area (Å²) in [5, 5.41) is 5.41. The SMILES string of the molecule is C.CCN(CC)CC.COc1ncc(F)c2nc(S(=O)(=O)Cl)nn12.COc1ncc(F)c2nc(S(=O)(=O)Nc3c(F)cccc3F)nn12.Nc1c(F)cccc1F. The Balaban J connectivity index is 0.000000292. The standard InChI is InChI=1S/C12H8F3N5O3S.C6H4ClFN4O3S.C6H5F2N.C6H15N.CH4/c1-23-12-16-5-8(15)10-17-11(18-20(10)12)24(21,22)19-9-6(13)3-2-4-7(9)14;1-15-6-9-2-3(8)4-10-5(11-12(4)6)16(7,13)14;7-4-2-1-3-5(8)6(4)9;1-4-7(5-2)6-3;/h2-5,19H,1H3;2H,1H3;1-3H,9H2;4-6H2,1-3H3;1H4. The number of nitrogen functional groups attached to an aromatic ring is 1. The van der Waals surface area contributed by atoms with Crippen LogP contribution in [-0.4, -0.2) is 94.8 Å². The highest BCUT2D eigenvalue weighted by Crippen LogP contribution is 2.23. The molecule has 312 valence electrons. The lowest BCUT2D eigenvalue weighted by atomic mass is 10.3. The Morgan fingerprint density at radius 2 is 1.09 bits per heavy atom. The Morgan fingerprint density at radius 1 is 0.702 bits per heavy atom. The number of methoxy groups -OCH3 is 2. The summed E-state index contributed by atoms with van der Waals surface area (Å²) in [7, 11) is -1.20. The molecule has 4 aromatic heterocycles. The highest BCUT2D eigenvalue weighted by molar-refractivity contribution is 8.13. The van der Waals surface area contributed by atoms with Crippen LogP contribution >= 0.6 is 10.7 Å². The van der Waals surface area contributed by atoms with Gasteiger partial charge < -0.3 is 20.1 Å². The fraction of sp³-hybridized carbons (Fsp3) is 0.290. The minimum Gasteiger partial charge on any atom is -0.467 e. The van der Waals surface area contributed by atoms with Crippen molar-refractivity contribution >= 4 is 52.4 Å². The van der Waals surface area contributed by atoms with Crippen molar-refractivity contribution in [2.75, 3.05) is 44.3 Å². The van der Waals surface area contributed by atoms with E-state index in [1.54, 1.807) is 4.72 Å². The fourth-order valence-corrected chi connectivity index (χ4v) is 5.58. The topological polar surface area (TPSA) is 214 Å². The van der Waals surface area contributed by atoms with Crippen molar-refractivity contribution in [1.29, 1.82) is 0 Å². The number of halogens is 7. The molecule has 0 amide bonds. The maximum absolute atomic E-state index is 13.7. The molecule has 6 aromatic rings. The average molecular weight is 872 g/mol. The van der Waals surface area contributed by atoms with E-state index in [0.717, 1.165) is 47.2 Å². The number of rotatable bonds is 9. The van der Waals surface area contributed by atoms with Gasteiger partial charge in [-0.25, -0.2) is 44.7 Å². The van der Waals surface area contributed by atoms with E-state index in [1.165, 1.54) is 39.9 Å². The van der Waals surface area contributed by atoms with Crippen molar-refractivity contribution in [3.8, 4) is 12.0 Å². The number of anilines is 2. The van der Waals surface area contributed by atoms with Crippen LogP contribution in [0, 0.1) is 34.9 Å². The first kappa shape index (κ1) is 47.6. The van der Waals surface area contributed by atoms with Crippen molar-refractivity contribution in [3.63, 3.8) is 0 Å². The van der Waals surface area contributed by atoms with E-state index in [0.29, 0.717) is 4.52 Å². The minimum absolute atomic E-state index is 0. The Bertz CT molecular complexity index is 2470. The molecule has 0 saturated heterocycles. The third-order valence-corrected chi connectivity index (χ3v) is 9.06. The van der Waals surface area contributed by atoms with Gasteiger partial charge in [-0.1, -0.05) is 40.3 Å². The number of ether oxygens (including phenoxy) is 2. The van der Waals surface area contributed by atoms with E-state index in [4.69, 9.17) is 25.9 Å². The molecule has 3 N–H and O–H groups in total. The van der Waals surface area contributed by atoms with Gasteiger partial charge in [-0.05, 0) is 43.9 Å². The second kappa shape index (κ2) is 20.6. The summed E-state index contributed by atoms with van der Waals surface area (Å²) in [5.41, 5.74) is 2.81. The molecule has 17 nitrogen and oxygen atoms in total. The van der Waals surface area contributed by atoms with Crippen molar-refractivity contribution < 1.29 is 52.7 Å². The zero-order chi connectivity index (χ0) is 42.0. The number of benzene rings is 2. The van der Waals surface area contributed by atoms with Crippen LogP contribution in [0.2, 0.25) is 0 Å². The molecule has 0 radical (unpaired) electrons. The first-order chi connectivity index (χ1) is 26.3. The molecule has 57 heavy (non-hydrogen) atoms. The molecule has 0 unspecified atom stereocenters. The number of nitrogens with zero attached hydrogens (tertiary/aromatic N) is 9. The smallest absolute Gasteiger partial charge is 0.319 e. The van der Waals surface area contributed by atoms with Crippen LogP contribution in [0.3, 0.4) is 0 Å². The molecule has 0 spiro atoms. The number of sulfonamides is 1. The van der Waals surface area contributed by atoms with Gasteiger partial charge in [-0.2, -0.15) is 27.4 Å². The molecule has 0 fully saturated rings. The van der Waals surface area contributed by atoms with Crippen LogP contribution in [0.25, 0.3) is 11.3 Å². The number of nitrogens with one attached hydrogen (secondary N) is 1. The Hall–Kier alpha value is -5.53. The summed E-state index contributed by atoms with van der Waals surface area (Å²) < 4.78 is 138. The van der Waals surface area contributed by atoms with Crippen molar-refractivity contribution in [1.82, 2.24) is 44.1 Å². The highest BCUT2D eigenvalue weighted by Gasteiger charge is 2.26. The van der Waals surface area contributed by atoms with E-state index in [-0.39, 0.29) is 25.1 Å². The molecule has 6 rings (SSSR count). The molecule has 0 saturated carbocycles. The number of para-hydroxylation sites is 2. The Kier molecular flexibility index (Phi) is 17.2. The summed E-state index contributed by atoms with van der Waals surface area (Å²) in [6.07, 6.45) is 1.61. The monoisotopic (exact) mass is 871 g/mol. The van der Waals surface area contributed by atoms with E-state index in [9.17, 15) is 43.2 Å². The van der Waals surface area contributed by atoms with Crippen LogP contribution in [0.4, 0.5) is 37.7 Å². The Morgan fingerprint density at radius 3 is 1.44 bits per heavy atom. The molecule has 2 aromatic carbocycles. The lowest BCUT2D eigenvalue weighted by molar-refractivity contribution is 0.321. The first-order valence-electron chi connectivity index (χ1n) is 15.6. The van der Waals surface area contributed by atoms with Gasteiger partial charge in [0.25, 0.3) is 29.4 Å². The first-order valence-corrected chi connectivity index (χ1v) is 19.4. The summed E-state index contributed by atoms with van der Waals surface area (Å²) >= 11 is 0. The minimum atomic E-state index is -4.58. The Labute approximate surface area is 326 Å². The lowest BCUT2D eigenvalue weighted by Gasteiger charge is -2.13. The second-order valence-corrected chi connectivity index (χ2v) is 14.4. The third kappa shape index (κ3) is 12.0. The lowest BCUT2D eigenvalue weighted by Crippen LogP contribution is -2.21. The molecule has 0 atom stereocenters. The van der Waals surface area contributed by atoms with Gasteiger partial charge in [-0.15, -0.1) is 10.2 Å². The highest BCUT2D eigenvalue weighted by atomic mass is 35.7. The number of hydrogen-bond donors (Lipinski definition) is 2. The van der Waals surface area contributed by atoms with Gasteiger partial charge in [0, 0.05) is 10.7 Å². The van der Waals surface area contributed by atoms with Crippen LogP contribution in [0.15, 0.2) is 59.1 Å². The number of nitrogens with two attached hydrogens (primary N) is 1. The molecule has 4 heterocycles. The molecule has 0 bridgehead atoms. The van der Waals surface area contributed by atoms with E-state index in [2.05, 4.69) is 55.8 Å². The van der Waals surface area contributed by atoms with Gasteiger partial charge in [0.15, 0.2) is 22.9 Å². The van der Waals surface area contributed by atoms with E-state index < -0.39 is 81.3 Å². The quantitative estimate of drug-likeness (QED) is 0.110. The largest absolute Gasteiger partial charge is 0.467 e. The second-order valence-electron chi connectivity index (χ2n) is 10.3. The molecule has 0 aliphatic carbocycles. The van der Waals surface area contributed by atoms with Crippen molar-refractivity contribution in [2.24, 2.45) is 0 Å². The maximum atomic E-state index is 13.7. The summed E-state index contributed by atoms with van der Waals surface area (Å²) in [5.74, 6) is -5.48. The molecule has 0 aliphatic heterocycles. The predicted octanol–water partition coefficient (Wildman–Crippen LogP) is 5.08. The van der Waals surface area contributed by atoms with Crippen LogP contribution in [0.1, 0.15) is 28.2 Å². The average Bonchev–Trinajstić information content (AvgIpc) is 3.83. The zero-order valence-corrected chi connectivity index (χ0v) is 32.1. The van der Waals surface area contributed by atoms with Crippen molar-refractivity contribution in [3.05, 3.63) is 83.7 Å². The van der Waals surface area contributed by atoms with Crippen molar-refractivity contribution in [2.45, 2.75) is 38.5 Å². The van der Waals surface area contributed by atoms with E-state index in [1.807, 2.05) is 0 Å². The van der Waals surface area contributed by atoms with Gasteiger partial charge in [-0.3, -0.25) is 4.72 Å². The molecular formula is C31H36ClF6N11O6S2. The maximum Gasteiger partial charge on any atom is 0.319 e. The van der Waals surface area contributed by atoms with Crippen LogP contribution in [0.5, 0.6) is 12.0 Å². The number of aromatic nitrogens is 8. The van der Waals surface area contributed by atoms with Gasteiger partial charge >= 0.3 is 12.0 Å². The summed E-state index contributed by atoms with van der Waals surface area (Å²) in [6.45, 7) is 10.1. The third-order valence-electron chi connectivity index (χ3n) is 6.91. The van der Waals surface area contributed by atoms with Crippen LogP contribution in [-0.2, 0) is 19.1 Å². The molecular weight excluding hydrogens is 836 g/mol.